The van der Waals surface area contributed by atoms with Gasteiger partial charge in [0, 0.05) is 61.3 Å². The molecular formula is C67H84N16O4S. The minimum Gasteiger partial charge on any atom is -0.399 e. The Morgan fingerprint density at radius 2 is 0.955 bits per heavy atom. The van der Waals surface area contributed by atoms with Gasteiger partial charge >= 0.3 is 0 Å². The summed E-state index contributed by atoms with van der Waals surface area (Å²) in [6, 6.07) is 27.8. The number of allylic oxidation sites excluding steroid dienone is 4. The number of aromatic nitrogens is 10. The van der Waals surface area contributed by atoms with Gasteiger partial charge in [-0.05, 0) is 221 Å². The van der Waals surface area contributed by atoms with Gasteiger partial charge in [0.2, 0.25) is 5.95 Å². The van der Waals surface area contributed by atoms with E-state index in [1.807, 2.05) is 79.1 Å². The summed E-state index contributed by atoms with van der Waals surface area (Å²) >= 11 is 1.42. The van der Waals surface area contributed by atoms with Crippen LogP contribution in [0.15, 0.2) is 136 Å². The van der Waals surface area contributed by atoms with Crippen LogP contribution in [0.5, 0.6) is 0 Å². The van der Waals surface area contributed by atoms with E-state index >= 15 is 0 Å². The van der Waals surface area contributed by atoms with Gasteiger partial charge in [-0.15, -0.1) is 0 Å². The lowest BCUT2D eigenvalue weighted by Gasteiger charge is -2.46. The number of thioether (sulfide) groups is 1. The van der Waals surface area contributed by atoms with Crippen molar-refractivity contribution >= 4 is 62.5 Å². The van der Waals surface area contributed by atoms with Gasteiger partial charge in [-0.2, -0.15) is 4.98 Å². The third kappa shape index (κ3) is 12.9. The largest absolute Gasteiger partial charge is 0.399 e. The number of nitrogen functional groups attached to an aromatic ring is 1. The fourth-order valence-corrected chi connectivity index (χ4v) is 13.8. The number of rotatable bonds is 5. The molecule has 0 amide bonds. The van der Waals surface area contributed by atoms with Gasteiger partial charge in [-0.1, -0.05) is 48.2 Å². The Labute approximate surface area is 518 Å². The van der Waals surface area contributed by atoms with E-state index in [1.165, 1.54) is 114 Å². The van der Waals surface area contributed by atoms with Crippen molar-refractivity contribution in [2.24, 2.45) is 10.8 Å². The fourth-order valence-electron chi connectivity index (χ4n) is 13.5. The summed E-state index contributed by atoms with van der Waals surface area (Å²) in [5, 5.41) is 26.7. The lowest BCUT2D eigenvalue weighted by molar-refractivity contribution is 0.0439. The summed E-state index contributed by atoms with van der Waals surface area (Å²) < 4.78 is 6.67. The number of hydrogen-bond donors (Lipinski definition) is 4. The van der Waals surface area contributed by atoms with E-state index < -0.39 is 11.2 Å². The van der Waals surface area contributed by atoms with Gasteiger partial charge in [0.05, 0.1) is 24.5 Å². The minimum atomic E-state index is -1.09. The normalized spacial score (nSPS) is 22.7. The molecule has 21 heteroatoms. The highest BCUT2D eigenvalue weighted by molar-refractivity contribution is 7.98. The van der Waals surface area contributed by atoms with E-state index in [4.69, 9.17) is 15.7 Å². The number of aliphatic hydroxyl groups is 2. The number of benzene rings is 2. The molecule has 462 valence electrons. The second-order valence-corrected chi connectivity index (χ2v) is 26.4. The van der Waals surface area contributed by atoms with Crippen molar-refractivity contribution in [1.29, 1.82) is 0 Å². The van der Waals surface area contributed by atoms with Gasteiger partial charge in [0.25, 0.3) is 11.1 Å². The Balaban J connectivity index is 0.000000142. The van der Waals surface area contributed by atoms with Crippen LogP contribution in [0.25, 0.3) is 33.7 Å². The first-order valence-corrected chi connectivity index (χ1v) is 32.5. The van der Waals surface area contributed by atoms with Crippen molar-refractivity contribution < 1.29 is 10.2 Å². The molecule has 8 aromatic rings. The summed E-state index contributed by atoms with van der Waals surface area (Å²) in [6.07, 6.45) is 26.0. The van der Waals surface area contributed by atoms with E-state index in [0.717, 1.165) is 24.5 Å². The van der Waals surface area contributed by atoms with E-state index in [2.05, 4.69) is 95.3 Å². The first-order valence-electron chi connectivity index (χ1n) is 31.3. The minimum absolute atomic E-state index is 0.157. The van der Waals surface area contributed by atoms with Crippen LogP contribution in [0.4, 0.5) is 28.7 Å². The molecule has 12 heterocycles. The van der Waals surface area contributed by atoms with Crippen molar-refractivity contribution in [3.8, 4) is 11.6 Å². The van der Waals surface area contributed by atoms with Crippen molar-refractivity contribution in [3.63, 3.8) is 0 Å². The number of nitrogens with two attached hydrogens (primary N) is 1. The lowest BCUT2D eigenvalue weighted by atomic mass is 9.71. The van der Waals surface area contributed by atoms with Crippen molar-refractivity contribution in [3.05, 3.63) is 154 Å². The molecule has 2 atom stereocenters. The summed E-state index contributed by atoms with van der Waals surface area (Å²) in [5.74, 6) is 1.48. The molecule has 6 aliphatic heterocycles. The highest BCUT2D eigenvalue weighted by Crippen LogP contribution is 2.43. The summed E-state index contributed by atoms with van der Waals surface area (Å²) in [4.78, 5) is 63.7. The Morgan fingerprint density at radius 3 is 1.42 bits per heavy atom. The van der Waals surface area contributed by atoms with Crippen LogP contribution in [-0.4, -0.2) is 141 Å². The first-order chi connectivity index (χ1) is 42.5. The molecule has 0 saturated carbocycles. The number of pyridine rings is 2. The smallest absolute Gasteiger partial charge is 0.278 e. The Hall–Kier alpha value is -7.69. The van der Waals surface area contributed by atoms with Gasteiger partial charge in [0.1, 0.15) is 22.0 Å². The van der Waals surface area contributed by atoms with Crippen LogP contribution in [0.2, 0.25) is 0 Å². The van der Waals surface area contributed by atoms with Gasteiger partial charge < -0.3 is 40.9 Å². The summed E-state index contributed by atoms with van der Waals surface area (Å²) in [7, 11) is 4.48. The SMILES string of the molecule is CN1CCC2(CC1)CCN(c1ccc(N)cc1)CC2.CN1CCC2(CC1)CCN(c1ccc(Nc3ncc4c(=O)n5n(c4n3)-c3cccc(n3)C(C)(O)CC/C=C\C5)cc1)CC2.CSc1ncc2c(=O)n3n(c2n1)-c1cccc(n1)C(C)(O)CC/C=C\C3. The zero-order valence-electron chi connectivity index (χ0n) is 51.6. The Morgan fingerprint density at radius 1 is 0.523 bits per heavy atom. The fraction of sp³-hybridized carbons (Fsp3) is 0.463. The summed E-state index contributed by atoms with van der Waals surface area (Å²) in [6.45, 7) is 13.9. The molecule has 2 unspecified atom stereocenters. The van der Waals surface area contributed by atoms with Crippen molar-refractivity contribution in [2.75, 3.05) is 93.6 Å². The average Bonchev–Trinajstić information content (AvgIpc) is 1.65. The van der Waals surface area contributed by atoms with Gasteiger partial charge in [-0.3, -0.25) is 9.59 Å². The lowest BCUT2D eigenvalue weighted by Crippen LogP contribution is -2.46. The van der Waals surface area contributed by atoms with Crippen molar-refractivity contribution in [2.45, 2.75) is 120 Å². The summed E-state index contributed by atoms with van der Waals surface area (Å²) in [5.41, 5.74) is 10.9. The van der Waals surface area contributed by atoms with Crippen LogP contribution in [0.1, 0.15) is 102 Å². The van der Waals surface area contributed by atoms with Crippen molar-refractivity contribution in [1.82, 2.24) is 58.4 Å². The highest BCUT2D eigenvalue weighted by atomic mass is 32.2. The molecule has 14 rings (SSSR count). The third-order valence-corrected chi connectivity index (χ3v) is 20.1. The van der Waals surface area contributed by atoms with E-state index in [-0.39, 0.29) is 11.1 Å². The zero-order valence-corrected chi connectivity index (χ0v) is 52.4. The molecule has 6 aliphatic rings. The average molecular weight is 1210 g/mol. The molecule has 6 aromatic heterocycles. The second kappa shape index (κ2) is 25.4. The molecule has 0 radical (unpaired) electrons. The Kier molecular flexibility index (Phi) is 17.5. The van der Waals surface area contributed by atoms with Crippen LogP contribution in [-0.2, 0) is 24.3 Å². The molecule has 2 aromatic carbocycles. The molecule has 4 fully saturated rings. The first kappa shape index (κ1) is 60.6. The third-order valence-electron chi connectivity index (χ3n) is 19.5. The molecule has 4 bridgehead atoms. The molecule has 88 heavy (non-hydrogen) atoms. The van der Waals surface area contributed by atoms with Crippen LogP contribution in [0.3, 0.4) is 0 Å². The van der Waals surface area contributed by atoms with E-state index in [1.54, 1.807) is 45.0 Å². The van der Waals surface area contributed by atoms with Crippen LogP contribution < -0.4 is 32.0 Å². The number of anilines is 5. The number of piperidine rings is 4. The Bertz CT molecular complexity index is 3920. The second-order valence-electron chi connectivity index (χ2n) is 25.6. The molecular weight excluding hydrogens is 1120 g/mol. The maximum atomic E-state index is 13.4. The number of likely N-dealkylation sites (tertiary alicyclic amines) is 2. The molecule has 5 N–H and O–H groups in total. The monoisotopic (exact) mass is 1210 g/mol. The van der Waals surface area contributed by atoms with Crippen LogP contribution in [0, 0.1) is 10.8 Å². The zero-order chi connectivity index (χ0) is 61.2. The topological polar surface area (TPSA) is 223 Å². The predicted octanol–water partition coefficient (Wildman–Crippen LogP) is 9.43. The molecule has 0 aliphatic carbocycles. The maximum absolute atomic E-state index is 13.4. The number of fused-ring (bicyclic) bond motifs is 12. The van der Waals surface area contributed by atoms with E-state index in [0.29, 0.717) is 106 Å². The number of hydrogen-bond acceptors (Lipinski definition) is 17. The standard InChI is InChI=1S/C33H40N8O2.C18H19N5O2S.C16H25N3/c1-32(43)13-4-3-5-18-40-30(42)26-23-34-31(37-29(26)41(40)28-8-6-7-27(32)36-28)35-24-9-11-25(12-10-24)39-21-16-33(17-22-39)14-19-38(2)20-15-33;1-18(25)9-4-3-5-10-22-16(24)12-11-19-17(26-2)21-15(12)23(22)14-8-6-7-13(18)20-14;1-18-10-6-16(7-11-18)8-12-19(13-9-16)15-4-2-14(17)3-5-15/h3,5-12,23,43H,4,13-22H2,1-2H3,(H,34,35,37);3,5-8,11,25H,4,9-10H2,1-2H3;2-5H,6-13,17H2,1H3/b2*5-3-;. The van der Waals surface area contributed by atoms with Crippen LogP contribution >= 0.6 is 11.8 Å². The molecule has 20 nitrogen and oxygen atoms in total. The maximum Gasteiger partial charge on any atom is 0.278 e. The number of nitrogens with zero attached hydrogens (tertiary/aromatic N) is 14. The predicted molar refractivity (Wildman–Crippen MR) is 351 cm³/mol. The number of nitrogens with one attached hydrogen (secondary N) is 1. The highest BCUT2D eigenvalue weighted by Gasteiger charge is 2.38. The van der Waals surface area contributed by atoms with Gasteiger partial charge in [-0.25, -0.2) is 43.6 Å². The van der Waals surface area contributed by atoms with Gasteiger partial charge in [0.15, 0.2) is 28.1 Å². The quantitative estimate of drug-likeness (QED) is 0.0545. The molecule has 2 spiro atoms. The molecule has 4 saturated heterocycles. The van der Waals surface area contributed by atoms with E-state index in [9.17, 15) is 19.8 Å².